The van der Waals surface area contributed by atoms with Gasteiger partial charge in [0.15, 0.2) is 11.5 Å². The molecule has 2 amide bonds. The van der Waals surface area contributed by atoms with Crippen LogP contribution in [0.5, 0.6) is 11.5 Å². The summed E-state index contributed by atoms with van der Waals surface area (Å²) in [6.45, 7) is 0. The molecule has 0 saturated carbocycles. The first-order valence-corrected chi connectivity index (χ1v) is 8.38. The Morgan fingerprint density at radius 3 is 2.40 bits per heavy atom. The Labute approximate surface area is 159 Å². The second-order valence-electron chi connectivity index (χ2n) is 4.87. The zero-order valence-electron chi connectivity index (χ0n) is 13.7. The van der Waals surface area contributed by atoms with Gasteiger partial charge in [-0.05, 0) is 58.5 Å². The number of rotatable bonds is 5. The molecule has 2 aromatic rings. The molecule has 0 radical (unpaired) electrons. The quantitative estimate of drug-likeness (QED) is 0.416. The average molecular weight is 452 g/mol. The predicted octanol–water partition coefficient (Wildman–Crippen LogP) is 2.78. The van der Waals surface area contributed by atoms with E-state index < -0.39 is 5.91 Å². The number of amides is 2. The molecule has 25 heavy (non-hydrogen) atoms. The lowest BCUT2D eigenvalue weighted by Gasteiger charge is -2.08. The number of hydrazine groups is 1. The van der Waals surface area contributed by atoms with Gasteiger partial charge in [0.1, 0.15) is 0 Å². The first-order chi connectivity index (χ1) is 12.0. The average Bonchev–Trinajstić information content (AvgIpc) is 2.64. The van der Waals surface area contributed by atoms with Gasteiger partial charge in [0, 0.05) is 9.65 Å². The molecule has 7 heteroatoms. The van der Waals surface area contributed by atoms with E-state index in [2.05, 4.69) is 33.4 Å². The summed E-state index contributed by atoms with van der Waals surface area (Å²) in [4.78, 5) is 23.9. The zero-order valence-corrected chi connectivity index (χ0v) is 15.9. The van der Waals surface area contributed by atoms with Crippen LogP contribution in [-0.2, 0) is 4.79 Å². The molecule has 2 aromatic carbocycles. The molecule has 0 aromatic heterocycles. The summed E-state index contributed by atoms with van der Waals surface area (Å²) in [5.41, 5.74) is 5.98. The van der Waals surface area contributed by atoms with Crippen molar-refractivity contribution < 1.29 is 19.1 Å². The molecule has 0 saturated heterocycles. The standard InChI is InChI=1S/C18H17IN2O4/c1-24-15-9-7-12(11-16(15)25-2)8-10-17(22)20-21-18(23)13-5-3-4-6-14(13)19/h3-11H,1-2H3,(H,20,22)(H,21,23). The molecule has 0 unspecified atom stereocenters. The minimum Gasteiger partial charge on any atom is -0.493 e. The Balaban J connectivity index is 1.95. The third-order valence-electron chi connectivity index (χ3n) is 3.25. The molecule has 0 spiro atoms. The Morgan fingerprint density at radius 2 is 1.72 bits per heavy atom. The summed E-state index contributed by atoms with van der Waals surface area (Å²) >= 11 is 2.06. The highest BCUT2D eigenvalue weighted by Crippen LogP contribution is 2.27. The van der Waals surface area contributed by atoms with Crippen LogP contribution < -0.4 is 20.3 Å². The molecule has 0 fully saturated rings. The lowest BCUT2D eigenvalue weighted by molar-refractivity contribution is -0.117. The second-order valence-corrected chi connectivity index (χ2v) is 6.03. The van der Waals surface area contributed by atoms with Crippen LogP contribution in [0.4, 0.5) is 0 Å². The maximum atomic E-state index is 12.0. The zero-order chi connectivity index (χ0) is 18.2. The van der Waals surface area contributed by atoms with E-state index in [-0.39, 0.29) is 5.91 Å². The molecule has 0 heterocycles. The lowest BCUT2D eigenvalue weighted by Crippen LogP contribution is -2.41. The normalized spacial score (nSPS) is 10.4. The van der Waals surface area contributed by atoms with E-state index >= 15 is 0 Å². The van der Waals surface area contributed by atoms with Crippen LogP contribution >= 0.6 is 22.6 Å². The highest BCUT2D eigenvalue weighted by atomic mass is 127. The van der Waals surface area contributed by atoms with Gasteiger partial charge >= 0.3 is 0 Å². The third-order valence-corrected chi connectivity index (χ3v) is 4.19. The lowest BCUT2D eigenvalue weighted by atomic mass is 10.2. The van der Waals surface area contributed by atoms with Gasteiger partial charge < -0.3 is 9.47 Å². The number of nitrogens with one attached hydrogen (secondary N) is 2. The first-order valence-electron chi connectivity index (χ1n) is 7.30. The topological polar surface area (TPSA) is 76.7 Å². The van der Waals surface area contributed by atoms with Gasteiger partial charge in [0.2, 0.25) is 0 Å². The van der Waals surface area contributed by atoms with Crippen molar-refractivity contribution in [1.29, 1.82) is 0 Å². The number of benzene rings is 2. The molecule has 0 aliphatic carbocycles. The van der Waals surface area contributed by atoms with Crippen LogP contribution in [0.2, 0.25) is 0 Å². The van der Waals surface area contributed by atoms with E-state index in [1.807, 2.05) is 12.1 Å². The maximum absolute atomic E-state index is 12.0. The van der Waals surface area contributed by atoms with Gasteiger partial charge in [-0.15, -0.1) is 0 Å². The van der Waals surface area contributed by atoms with Gasteiger partial charge in [0.05, 0.1) is 19.8 Å². The number of carbonyl (C=O) groups excluding carboxylic acids is 2. The number of ether oxygens (including phenoxy) is 2. The van der Waals surface area contributed by atoms with Crippen molar-refractivity contribution in [1.82, 2.24) is 10.9 Å². The highest BCUT2D eigenvalue weighted by Gasteiger charge is 2.09. The highest BCUT2D eigenvalue weighted by molar-refractivity contribution is 14.1. The van der Waals surface area contributed by atoms with Gasteiger partial charge in [-0.2, -0.15) is 0 Å². The van der Waals surface area contributed by atoms with E-state index in [0.29, 0.717) is 17.1 Å². The molecule has 0 aliphatic heterocycles. The fourth-order valence-corrected chi connectivity index (χ4v) is 2.63. The van der Waals surface area contributed by atoms with Crippen molar-refractivity contribution in [2.75, 3.05) is 14.2 Å². The van der Waals surface area contributed by atoms with Crippen molar-refractivity contribution in [3.8, 4) is 11.5 Å². The summed E-state index contributed by atoms with van der Waals surface area (Å²) in [5.74, 6) is 0.345. The van der Waals surface area contributed by atoms with Crippen molar-refractivity contribution in [3.63, 3.8) is 0 Å². The molecular weight excluding hydrogens is 435 g/mol. The predicted molar refractivity (Wildman–Crippen MR) is 103 cm³/mol. The first kappa shape index (κ1) is 18.8. The van der Waals surface area contributed by atoms with Gasteiger partial charge in [-0.3, -0.25) is 20.4 Å². The molecule has 6 nitrogen and oxygen atoms in total. The van der Waals surface area contributed by atoms with Crippen LogP contribution in [0.25, 0.3) is 6.08 Å². The maximum Gasteiger partial charge on any atom is 0.270 e. The summed E-state index contributed by atoms with van der Waals surface area (Å²) in [5, 5.41) is 0. The smallest absolute Gasteiger partial charge is 0.270 e. The van der Waals surface area contributed by atoms with Crippen LogP contribution in [0.3, 0.4) is 0 Å². The van der Waals surface area contributed by atoms with Crippen LogP contribution in [0.1, 0.15) is 15.9 Å². The minimum atomic E-state index is -0.450. The van der Waals surface area contributed by atoms with Gasteiger partial charge in [-0.1, -0.05) is 18.2 Å². The molecule has 130 valence electrons. The van der Waals surface area contributed by atoms with E-state index in [0.717, 1.165) is 9.13 Å². The fraction of sp³-hybridized carbons (Fsp3) is 0.111. The van der Waals surface area contributed by atoms with E-state index in [9.17, 15) is 9.59 Å². The summed E-state index contributed by atoms with van der Waals surface area (Å²) in [6, 6.07) is 12.4. The van der Waals surface area contributed by atoms with Crippen LogP contribution in [-0.4, -0.2) is 26.0 Å². The minimum absolute atomic E-state index is 0.377. The molecule has 0 atom stereocenters. The fourth-order valence-electron chi connectivity index (χ4n) is 2.00. The number of hydrogen-bond donors (Lipinski definition) is 2. The Hall–Kier alpha value is -2.55. The molecular formula is C18H17IN2O4. The van der Waals surface area contributed by atoms with Crippen LogP contribution in [0, 0.1) is 3.57 Å². The van der Waals surface area contributed by atoms with E-state index in [1.165, 1.54) is 6.08 Å². The molecule has 2 rings (SSSR count). The summed E-state index contributed by atoms with van der Waals surface area (Å²) in [6.07, 6.45) is 2.92. The molecule has 0 aliphatic rings. The Morgan fingerprint density at radius 1 is 1.00 bits per heavy atom. The molecule has 0 bridgehead atoms. The van der Waals surface area contributed by atoms with Crippen molar-refractivity contribution in [2.45, 2.75) is 0 Å². The monoisotopic (exact) mass is 452 g/mol. The Bertz CT molecular complexity index is 805. The largest absolute Gasteiger partial charge is 0.493 e. The van der Waals surface area contributed by atoms with Gasteiger partial charge in [0.25, 0.3) is 11.8 Å². The summed E-state index contributed by atoms with van der Waals surface area (Å²) < 4.78 is 11.2. The van der Waals surface area contributed by atoms with Crippen molar-refractivity contribution in [3.05, 3.63) is 63.2 Å². The Kier molecular flexibility index (Phi) is 6.81. The number of carbonyl (C=O) groups is 2. The van der Waals surface area contributed by atoms with Gasteiger partial charge in [-0.25, -0.2) is 0 Å². The molecule has 2 N–H and O–H groups in total. The number of methoxy groups -OCH3 is 2. The number of hydrogen-bond acceptors (Lipinski definition) is 4. The van der Waals surface area contributed by atoms with E-state index in [4.69, 9.17) is 9.47 Å². The second kappa shape index (κ2) is 9.07. The van der Waals surface area contributed by atoms with Crippen LogP contribution in [0.15, 0.2) is 48.5 Å². The van der Waals surface area contributed by atoms with Crippen molar-refractivity contribution in [2.24, 2.45) is 0 Å². The number of halogens is 1. The SMILES string of the molecule is COc1ccc(C=CC(=O)NNC(=O)c2ccccc2I)cc1OC. The van der Waals surface area contributed by atoms with Crippen molar-refractivity contribution >= 4 is 40.5 Å². The third kappa shape index (κ3) is 5.21. The van der Waals surface area contributed by atoms with E-state index in [1.54, 1.807) is 50.6 Å². The summed E-state index contributed by atoms with van der Waals surface area (Å²) in [7, 11) is 3.09.